The predicted molar refractivity (Wildman–Crippen MR) is 79.3 cm³/mol. The van der Waals surface area contributed by atoms with E-state index < -0.39 is 0 Å². The van der Waals surface area contributed by atoms with Crippen molar-refractivity contribution in [3.63, 3.8) is 0 Å². The summed E-state index contributed by atoms with van der Waals surface area (Å²) in [5, 5.41) is 3.22. The molecule has 2 atom stereocenters. The minimum atomic E-state index is 0.197. The van der Waals surface area contributed by atoms with Crippen LogP contribution in [0, 0.1) is 0 Å². The van der Waals surface area contributed by atoms with Crippen LogP contribution in [-0.4, -0.2) is 35.8 Å². The van der Waals surface area contributed by atoms with Crippen LogP contribution in [0.1, 0.15) is 45.4 Å². The zero-order chi connectivity index (χ0) is 14.4. The maximum absolute atomic E-state index is 6.05. The number of methoxy groups -OCH3 is 1. The first-order valence-electron chi connectivity index (χ1n) is 7.56. The van der Waals surface area contributed by atoms with Gasteiger partial charge in [0.2, 0.25) is 5.88 Å². The average Bonchev–Trinajstić information content (AvgIpc) is 2.47. The molecule has 0 saturated heterocycles. The van der Waals surface area contributed by atoms with Crippen molar-refractivity contribution in [2.75, 3.05) is 19.0 Å². The molecule has 1 aromatic rings. The van der Waals surface area contributed by atoms with E-state index in [-0.39, 0.29) is 6.10 Å². The van der Waals surface area contributed by atoms with E-state index in [0.29, 0.717) is 12.0 Å². The molecule has 20 heavy (non-hydrogen) atoms. The molecule has 5 nitrogen and oxygen atoms in total. The van der Waals surface area contributed by atoms with Crippen molar-refractivity contribution < 1.29 is 9.47 Å². The quantitative estimate of drug-likeness (QED) is 0.867. The van der Waals surface area contributed by atoms with Crippen LogP contribution in [0.4, 0.5) is 5.82 Å². The van der Waals surface area contributed by atoms with E-state index in [4.69, 9.17) is 9.47 Å². The Morgan fingerprint density at radius 1 is 1.25 bits per heavy atom. The first kappa shape index (κ1) is 15.0. The molecule has 1 fully saturated rings. The SMILES string of the molecule is CCNc1cc(OC2CCCC(OC)C2)nc(CC)n1. The number of hydrogen-bond donors (Lipinski definition) is 1. The third-order valence-electron chi connectivity index (χ3n) is 3.62. The highest BCUT2D eigenvalue weighted by molar-refractivity contribution is 5.38. The first-order valence-corrected chi connectivity index (χ1v) is 7.56. The monoisotopic (exact) mass is 279 g/mol. The van der Waals surface area contributed by atoms with Crippen LogP contribution < -0.4 is 10.1 Å². The lowest BCUT2D eigenvalue weighted by molar-refractivity contribution is 0.0194. The summed E-state index contributed by atoms with van der Waals surface area (Å²) in [5.74, 6) is 2.33. The Labute approximate surface area is 121 Å². The standard InChI is InChI=1S/C15H25N3O2/c1-4-13-17-14(16-5-2)10-15(18-13)20-12-8-6-7-11(9-12)19-3/h10-12H,4-9H2,1-3H3,(H,16,17,18). The molecule has 0 bridgehead atoms. The highest BCUT2D eigenvalue weighted by Crippen LogP contribution is 2.25. The molecule has 1 heterocycles. The summed E-state index contributed by atoms with van der Waals surface area (Å²) >= 11 is 0. The van der Waals surface area contributed by atoms with E-state index in [1.165, 1.54) is 0 Å². The Kier molecular flexibility index (Phi) is 5.59. The van der Waals surface area contributed by atoms with Gasteiger partial charge in [-0.05, 0) is 26.2 Å². The van der Waals surface area contributed by atoms with Gasteiger partial charge in [-0.3, -0.25) is 0 Å². The van der Waals surface area contributed by atoms with Crippen LogP contribution in [0.15, 0.2) is 6.07 Å². The summed E-state index contributed by atoms with van der Waals surface area (Å²) in [6.45, 7) is 4.95. The maximum Gasteiger partial charge on any atom is 0.218 e. The normalized spacial score (nSPS) is 22.6. The van der Waals surface area contributed by atoms with Crippen LogP contribution in [0.2, 0.25) is 0 Å². The molecular formula is C15H25N3O2. The van der Waals surface area contributed by atoms with Gasteiger partial charge in [0, 0.05) is 32.6 Å². The number of aromatic nitrogens is 2. The second-order valence-corrected chi connectivity index (χ2v) is 5.16. The molecule has 112 valence electrons. The fourth-order valence-electron chi connectivity index (χ4n) is 2.56. The molecule has 1 aliphatic rings. The molecule has 5 heteroatoms. The third-order valence-corrected chi connectivity index (χ3v) is 3.62. The number of hydrogen-bond acceptors (Lipinski definition) is 5. The number of aryl methyl sites for hydroxylation is 1. The first-order chi connectivity index (χ1) is 9.75. The topological polar surface area (TPSA) is 56.3 Å². The van der Waals surface area contributed by atoms with Gasteiger partial charge in [-0.1, -0.05) is 6.92 Å². The molecule has 0 spiro atoms. The summed E-state index contributed by atoms with van der Waals surface area (Å²) in [4.78, 5) is 8.90. The molecule has 2 unspecified atom stereocenters. The van der Waals surface area contributed by atoms with Crippen molar-refractivity contribution in [1.29, 1.82) is 0 Å². The summed E-state index contributed by atoms with van der Waals surface area (Å²) in [6.07, 6.45) is 5.61. The van der Waals surface area contributed by atoms with Crippen LogP contribution in [0.5, 0.6) is 5.88 Å². The average molecular weight is 279 g/mol. The van der Waals surface area contributed by atoms with Crippen LogP contribution in [0.25, 0.3) is 0 Å². The lowest BCUT2D eigenvalue weighted by Crippen LogP contribution is -2.29. The molecule has 0 radical (unpaired) electrons. The van der Waals surface area contributed by atoms with Gasteiger partial charge in [0.05, 0.1) is 6.10 Å². The van der Waals surface area contributed by atoms with Gasteiger partial charge in [0.1, 0.15) is 17.7 Å². The second kappa shape index (κ2) is 7.43. The van der Waals surface area contributed by atoms with Crippen molar-refractivity contribution in [3.8, 4) is 5.88 Å². The molecule has 0 amide bonds. The number of rotatable bonds is 6. The highest BCUT2D eigenvalue weighted by atomic mass is 16.5. The number of nitrogens with zero attached hydrogens (tertiary/aromatic N) is 2. The zero-order valence-corrected chi connectivity index (χ0v) is 12.7. The fraction of sp³-hybridized carbons (Fsp3) is 0.733. The van der Waals surface area contributed by atoms with Crippen molar-refractivity contribution >= 4 is 5.82 Å². The smallest absolute Gasteiger partial charge is 0.218 e. The van der Waals surface area contributed by atoms with E-state index in [0.717, 1.165) is 50.3 Å². The summed E-state index contributed by atoms with van der Waals surface area (Å²) in [7, 11) is 1.77. The Balaban J connectivity index is 2.05. The largest absolute Gasteiger partial charge is 0.474 e. The minimum absolute atomic E-state index is 0.197. The van der Waals surface area contributed by atoms with E-state index in [2.05, 4.69) is 29.1 Å². The summed E-state index contributed by atoms with van der Waals surface area (Å²) in [6, 6.07) is 1.89. The number of anilines is 1. The molecule has 1 aromatic heterocycles. The van der Waals surface area contributed by atoms with Crippen molar-refractivity contribution in [2.24, 2.45) is 0 Å². The summed E-state index contributed by atoms with van der Waals surface area (Å²) in [5.41, 5.74) is 0. The van der Waals surface area contributed by atoms with Crippen LogP contribution in [0.3, 0.4) is 0 Å². The molecule has 1 saturated carbocycles. The lowest BCUT2D eigenvalue weighted by atomic mass is 9.95. The van der Waals surface area contributed by atoms with Gasteiger partial charge >= 0.3 is 0 Å². The molecule has 2 rings (SSSR count). The van der Waals surface area contributed by atoms with Crippen molar-refractivity contribution in [3.05, 3.63) is 11.9 Å². The number of ether oxygens (including phenoxy) is 2. The zero-order valence-electron chi connectivity index (χ0n) is 12.7. The van der Waals surface area contributed by atoms with E-state index in [1.807, 2.05) is 6.07 Å². The minimum Gasteiger partial charge on any atom is -0.474 e. The van der Waals surface area contributed by atoms with Gasteiger partial charge in [-0.15, -0.1) is 0 Å². The Morgan fingerprint density at radius 3 is 2.75 bits per heavy atom. The molecule has 1 aliphatic carbocycles. The maximum atomic E-state index is 6.05. The molecule has 1 N–H and O–H groups in total. The van der Waals surface area contributed by atoms with Crippen LogP contribution >= 0.6 is 0 Å². The Hall–Kier alpha value is -1.36. The highest BCUT2D eigenvalue weighted by Gasteiger charge is 2.23. The van der Waals surface area contributed by atoms with Gasteiger partial charge in [0.15, 0.2) is 0 Å². The molecular weight excluding hydrogens is 254 g/mol. The lowest BCUT2D eigenvalue weighted by Gasteiger charge is -2.28. The second-order valence-electron chi connectivity index (χ2n) is 5.16. The van der Waals surface area contributed by atoms with Gasteiger partial charge in [0.25, 0.3) is 0 Å². The fourth-order valence-corrected chi connectivity index (χ4v) is 2.56. The van der Waals surface area contributed by atoms with E-state index in [1.54, 1.807) is 7.11 Å². The predicted octanol–water partition coefficient (Wildman–Crippen LogP) is 2.81. The Morgan fingerprint density at radius 2 is 2.05 bits per heavy atom. The van der Waals surface area contributed by atoms with Gasteiger partial charge in [-0.2, -0.15) is 4.98 Å². The number of nitrogens with one attached hydrogen (secondary N) is 1. The van der Waals surface area contributed by atoms with Crippen LogP contribution in [-0.2, 0) is 11.2 Å². The summed E-state index contributed by atoms with van der Waals surface area (Å²) < 4.78 is 11.5. The Bertz CT molecular complexity index is 426. The molecule has 0 aliphatic heterocycles. The van der Waals surface area contributed by atoms with Gasteiger partial charge < -0.3 is 14.8 Å². The third kappa shape index (κ3) is 4.07. The van der Waals surface area contributed by atoms with Crippen molar-refractivity contribution in [1.82, 2.24) is 9.97 Å². The molecule has 0 aromatic carbocycles. The van der Waals surface area contributed by atoms with E-state index >= 15 is 0 Å². The van der Waals surface area contributed by atoms with E-state index in [9.17, 15) is 0 Å². The van der Waals surface area contributed by atoms with Gasteiger partial charge in [-0.25, -0.2) is 4.98 Å². The van der Waals surface area contributed by atoms with Crippen molar-refractivity contribution in [2.45, 2.75) is 58.2 Å².